The van der Waals surface area contributed by atoms with Crippen molar-refractivity contribution in [1.29, 1.82) is 0 Å². The molecule has 0 aliphatic rings. The van der Waals surface area contributed by atoms with Crippen molar-refractivity contribution in [3.05, 3.63) is 69.2 Å². The first-order valence-corrected chi connectivity index (χ1v) is 7.55. The topological polar surface area (TPSA) is 41.5 Å². The summed E-state index contributed by atoms with van der Waals surface area (Å²) in [5, 5.41) is 4.77. The predicted octanol–water partition coefficient (Wildman–Crippen LogP) is 4.19. The van der Waals surface area contributed by atoms with Crippen LogP contribution in [0.4, 0.5) is 0 Å². The Morgan fingerprint density at radius 2 is 1.76 bits per heavy atom. The number of rotatable bonds is 4. The molecule has 2 aromatic rings. The molecule has 0 saturated carbocycles. The van der Waals surface area contributed by atoms with Gasteiger partial charge >= 0.3 is 0 Å². The van der Waals surface area contributed by atoms with Crippen LogP contribution in [0.25, 0.3) is 0 Å². The predicted molar refractivity (Wildman–Crippen MR) is 89.7 cm³/mol. The van der Waals surface area contributed by atoms with Gasteiger partial charge in [0.25, 0.3) is 0 Å². The van der Waals surface area contributed by atoms with Gasteiger partial charge in [-0.3, -0.25) is 4.79 Å². The number of halogens is 2. The lowest BCUT2D eigenvalue weighted by molar-refractivity contribution is -0.120. The maximum Gasteiger partial charge on any atom is 0.244 e. The number of hydrogen-bond donors (Lipinski definition) is 1. The van der Waals surface area contributed by atoms with E-state index < -0.39 is 0 Å². The minimum absolute atomic E-state index is 0.148. The Hall–Kier alpha value is -1.65. The van der Waals surface area contributed by atoms with Gasteiger partial charge in [-0.1, -0.05) is 51.8 Å². The first-order valence-electron chi connectivity index (χ1n) is 6.38. The second-order valence-corrected chi connectivity index (χ2v) is 5.89. The minimum atomic E-state index is -0.148. The molecule has 0 fully saturated rings. The van der Waals surface area contributed by atoms with Crippen molar-refractivity contribution >= 4 is 39.1 Å². The molecule has 5 heteroatoms. The van der Waals surface area contributed by atoms with E-state index in [4.69, 9.17) is 11.6 Å². The van der Waals surface area contributed by atoms with E-state index in [1.54, 1.807) is 12.1 Å². The van der Waals surface area contributed by atoms with E-state index in [0.717, 1.165) is 21.3 Å². The zero-order chi connectivity index (χ0) is 15.2. The van der Waals surface area contributed by atoms with E-state index in [1.807, 2.05) is 43.3 Å². The summed E-state index contributed by atoms with van der Waals surface area (Å²) in [4.78, 5) is 11.8. The van der Waals surface area contributed by atoms with Crippen LogP contribution in [0.3, 0.4) is 0 Å². The smallest absolute Gasteiger partial charge is 0.244 e. The van der Waals surface area contributed by atoms with Crippen LogP contribution in [0.15, 0.2) is 58.1 Å². The largest absolute Gasteiger partial charge is 0.273 e. The molecule has 0 atom stereocenters. The highest BCUT2D eigenvalue weighted by molar-refractivity contribution is 9.10. The molecular formula is C16H14BrClN2O. The van der Waals surface area contributed by atoms with Gasteiger partial charge in [-0.25, -0.2) is 5.43 Å². The number of nitrogens with one attached hydrogen (secondary N) is 1. The molecule has 2 aromatic carbocycles. The van der Waals surface area contributed by atoms with Gasteiger partial charge in [0.15, 0.2) is 0 Å². The second-order valence-electron chi connectivity index (χ2n) is 4.54. The molecule has 0 aromatic heterocycles. The molecule has 2 rings (SSSR count). The molecule has 0 saturated heterocycles. The normalized spacial score (nSPS) is 11.3. The van der Waals surface area contributed by atoms with Gasteiger partial charge in [-0.15, -0.1) is 0 Å². The van der Waals surface area contributed by atoms with Crippen molar-refractivity contribution in [2.24, 2.45) is 5.10 Å². The van der Waals surface area contributed by atoms with E-state index >= 15 is 0 Å². The zero-order valence-corrected chi connectivity index (χ0v) is 13.8. The Labute approximate surface area is 137 Å². The van der Waals surface area contributed by atoms with Crippen LogP contribution in [0.2, 0.25) is 5.02 Å². The number of carbonyl (C=O) groups excluding carboxylic acids is 1. The molecular weight excluding hydrogens is 352 g/mol. The van der Waals surface area contributed by atoms with Crippen molar-refractivity contribution in [1.82, 2.24) is 5.43 Å². The molecule has 0 aliphatic carbocycles. The van der Waals surface area contributed by atoms with Crippen molar-refractivity contribution < 1.29 is 4.79 Å². The van der Waals surface area contributed by atoms with Gasteiger partial charge in [0, 0.05) is 9.50 Å². The first-order chi connectivity index (χ1) is 10.0. The van der Waals surface area contributed by atoms with Gasteiger partial charge in [0.2, 0.25) is 5.91 Å². The summed E-state index contributed by atoms with van der Waals surface area (Å²) in [6.07, 6.45) is 0.296. The third-order valence-corrected chi connectivity index (χ3v) is 3.67. The van der Waals surface area contributed by atoms with Gasteiger partial charge in [0.05, 0.1) is 12.1 Å². The third kappa shape index (κ3) is 4.99. The number of carbonyl (C=O) groups is 1. The average Bonchev–Trinajstić information content (AvgIpc) is 2.48. The first kappa shape index (κ1) is 15.7. The van der Waals surface area contributed by atoms with Crippen molar-refractivity contribution in [3.8, 4) is 0 Å². The Kier molecular flexibility index (Phi) is 5.53. The highest BCUT2D eigenvalue weighted by Gasteiger charge is 2.03. The fourth-order valence-electron chi connectivity index (χ4n) is 1.73. The molecule has 0 spiro atoms. The molecule has 0 radical (unpaired) electrons. The van der Waals surface area contributed by atoms with Gasteiger partial charge in [-0.2, -0.15) is 5.10 Å². The van der Waals surface area contributed by atoms with Crippen molar-refractivity contribution in [3.63, 3.8) is 0 Å². The Balaban J connectivity index is 1.94. The van der Waals surface area contributed by atoms with Gasteiger partial charge in [-0.05, 0) is 42.3 Å². The van der Waals surface area contributed by atoms with Crippen molar-refractivity contribution in [2.75, 3.05) is 0 Å². The highest BCUT2D eigenvalue weighted by Crippen LogP contribution is 2.11. The lowest BCUT2D eigenvalue weighted by atomic mass is 10.1. The van der Waals surface area contributed by atoms with Crippen LogP contribution < -0.4 is 5.43 Å². The quantitative estimate of drug-likeness (QED) is 0.641. The Morgan fingerprint density at radius 3 is 2.38 bits per heavy atom. The lowest BCUT2D eigenvalue weighted by Crippen LogP contribution is -2.21. The number of nitrogens with zero attached hydrogens (tertiary/aromatic N) is 1. The van der Waals surface area contributed by atoms with E-state index in [1.165, 1.54) is 0 Å². The summed E-state index contributed by atoms with van der Waals surface area (Å²) in [6.45, 7) is 1.84. The monoisotopic (exact) mass is 364 g/mol. The van der Waals surface area contributed by atoms with Crippen LogP contribution in [0, 0.1) is 0 Å². The lowest BCUT2D eigenvalue weighted by Gasteiger charge is -2.04. The molecule has 0 heterocycles. The average molecular weight is 366 g/mol. The number of hydrazone groups is 1. The summed E-state index contributed by atoms with van der Waals surface area (Å²) in [5.41, 5.74) is 5.15. The van der Waals surface area contributed by atoms with E-state index in [9.17, 15) is 4.79 Å². The fraction of sp³-hybridized carbons (Fsp3) is 0.125. The van der Waals surface area contributed by atoms with Crippen LogP contribution in [-0.2, 0) is 11.2 Å². The second kappa shape index (κ2) is 7.38. The molecule has 108 valence electrons. The molecule has 1 N–H and O–H groups in total. The highest BCUT2D eigenvalue weighted by atomic mass is 79.9. The molecule has 1 amide bonds. The van der Waals surface area contributed by atoms with Crippen LogP contribution in [0.5, 0.6) is 0 Å². The summed E-state index contributed by atoms with van der Waals surface area (Å²) in [6, 6.07) is 14.9. The van der Waals surface area contributed by atoms with E-state index in [-0.39, 0.29) is 5.91 Å². The molecule has 3 nitrogen and oxygen atoms in total. The van der Waals surface area contributed by atoms with Gasteiger partial charge < -0.3 is 0 Å². The third-order valence-electron chi connectivity index (χ3n) is 2.89. The summed E-state index contributed by atoms with van der Waals surface area (Å²) in [5.74, 6) is -0.148. The van der Waals surface area contributed by atoms with Gasteiger partial charge in [0.1, 0.15) is 0 Å². The number of benzene rings is 2. The Morgan fingerprint density at radius 1 is 1.14 bits per heavy atom. The minimum Gasteiger partial charge on any atom is -0.273 e. The van der Waals surface area contributed by atoms with Crippen molar-refractivity contribution in [2.45, 2.75) is 13.3 Å². The molecule has 0 bridgehead atoms. The summed E-state index contributed by atoms with van der Waals surface area (Å²) < 4.78 is 0.989. The van der Waals surface area contributed by atoms with E-state index in [0.29, 0.717) is 11.4 Å². The van der Waals surface area contributed by atoms with Crippen LogP contribution in [0.1, 0.15) is 18.1 Å². The standard InChI is InChI=1S/C16H14BrClN2O/c1-11(13-4-8-15(18)9-5-13)19-20-16(21)10-12-2-6-14(17)7-3-12/h2-9H,10H2,1H3,(H,20,21)/b19-11-. The van der Waals surface area contributed by atoms with Crippen LogP contribution in [-0.4, -0.2) is 11.6 Å². The summed E-state index contributed by atoms with van der Waals surface area (Å²) >= 11 is 9.19. The molecule has 21 heavy (non-hydrogen) atoms. The van der Waals surface area contributed by atoms with E-state index in [2.05, 4.69) is 26.5 Å². The number of hydrogen-bond acceptors (Lipinski definition) is 2. The number of amides is 1. The zero-order valence-electron chi connectivity index (χ0n) is 11.4. The molecule has 0 unspecified atom stereocenters. The fourth-order valence-corrected chi connectivity index (χ4v) is 2.12. The van der Waals surface area contributed by atoms with Crippen LogP contribution >= 0.6 is 27.5 Å². The maximum absolute atomic E-state index is 11.8. The maximum atomic E-state index is 11.8. The summed E-state index contributed by atoms with van der Waals surface area (Å²) in [7, 11) is 0. The SMILES string of the molecule is C/C(=N/NC(=O)Cc1ccc(Br)cc1)c1ccc(Cl)cc1. The molecule has 0 aliphatic heterocycles. The Bertz CT molecular complexity index is 651.